The maximum atomic E-state index is 14.3. The van der Waals surface area contributed by atoms with Crippen LogP contribution >= 0.6 is 11.6 Å². The van der Waals surface area contributed by atoms with Crippen LogP contribution in [-0.4, -0.2) is 67.0 Å². The van der Waals surface area contributed by atoms with Crippen LogP contribution in [0.1, 0.15) is 67.9 Å². The zero-order valence-electron chi connectivity index (χ0n) is 29.3. The van der Waals surface area contributed by atoms with Crippen LogP contribution in [0.5, 0.6) is 5.75 Å². The Kier molecular flexibility index (Phi) is 10.7. The molecule has 4 aliphatic rings. The maximum Gasteiger partial charge on any atom is 0.393 e. The number of hydrogen-bond acceptors (Lipinski definition) is 6. The van der Waals surface area contributed by atoms with Crippen molar-refractivity contribution >= 4 is 39.1 Å². The minimum atomic E-state index is -4.45. The van der Waals surface area contributed by atoms with E-state index in [1.165, 1.54) is 11.1 Å². The molecule has 1 saturated carbocycles. The van der Waals surface area contributed by atoms with Gasteiger partial charge in [-0.25, -0.2) is 9.00 Å². The molecule has 0 saturated heterocycles. The molecule has 278 valence electrons. The highest BCUT2D eigenvalue weighted by Gasteiger charge is 2.56. The molecule has 2 aliphatic carbocycles. The lowest BCUT2D eigenvalue weighted by Gasteiger charge is -2.42. The molecule has 0 radical (unpaired) electrons. The highest BCUT2D eigenvalue weighted by Crippen LogP contribution is 2.46. The number of carbonyl (C=O) groups is 2. The number of aryl methyl sites for hydroxylation is 1. The van der Waals surface area contributed by atoms with Gasteiger partial charge in [-0.1, -0.05) is 50.6 Å². The summed E-state index contributed by atoms with van der Waals surface area (Å²) in [7, 11) is -2.09. The molecular formula is C37H46ClF3N4O5S. The monoisotopic (exact) mass is 750 g/mol. The Morgan fingerprint density at radius 2 is 1.96 bits per heavy atom. The molecule has 1 fully saturated rings. The second-order valence-corrected chi connectivity index (χ2v) is 17.3. The standard InChI is InChI=1S/C37H46ClF3N4O5S/c1-22-7-5-9-32(49-4)24(3)23(2)18-45-20-36(14-6-8-25-15-27(38)11-12-28(25)36)21-50-33-13-10-26(16-31(33)45)34(46)43-51(48,19-22)44-35(47)42-30-17-29(30)37(39,40)41/h5,9-13,15-16,22-24,29-30,32H,6-8,14,17-21H2,1-4H3,(H2,42,43,44,46,47,48)/b9-5+/t22-,23-,24+,29-,30-,32-,36-,51?/m0/s1. The van der Waals surface area contributed by atoms with Crippen molar-refractivity contribution in [2.45, 2.75) is 76.6 Å². The number of fused-ring (bicyclic) bond motifs is 3. The van der Waals surface area contributed by atoms with E-state index in [9.17, 15) is 27.0 Å². The number of amides is 3. The molecule has 8 atom stereocenters. The molecule has 2 N–H and O–H groups in total. The number of hydrogen-bond donors (Lipinski definition) is 2. The van der Waals surface area contributed by atoms with E-state index >= 15 is 0 Å². The Morgan fingerprint density at radius 1 is 1.18 bits per heavy atom. The summed E-state index contributed by atoms with van der Waals surface area (Å²) in [4.78, 5) is 29.0. The van der Waals surface area contributed by atoms with E-state index in [1.54, 1.807) is 25.3 Å². The number of nitrogens with one attached hydrogen (secondary N) is 2. The molecule has 2 aromatic rings. The van der Waals surface area contributed by atoms with Crippen LogP contribution in [0.3, 0.4) is 0 Å². The molecule has 1 unspecified atom stereocenters. The molecule has 0 aromatic heterocycles. The number of halogens is 4. The number of methoxy groups -OCH3 is 1. The lowest BCUT2D eigenvalue weighted by Crippen LogP contribution is -2.47. The van der Waals surface area contributed by atoms with Gasteiger partial charge in [0.25, 0.3) is 5.91 Å². The Hall–Kier alpha value is -3.29. The molecular weight excluding hydrogens is 705 g/mol. The van der Waals surface area contributed by atoms with Crippen molar-refractivity contribution in [2.75, 3.05) is 37.5 Å². The first-order valence-corrected chi connectivity index (χ1v) is 19.6. The number of anilines is 1. The van der Waals surface area contributed by atoms with Crippen LogP contribution in [0.25, 0.3) is 0 Å². The zero-order chi connectivity index (χ0) is 36.7. The molecule has 3 amide bonds. The van der Waals surface area contributed by atoms with Gasteiger partial charge in [0.2, 0.25) is 0 Å². The first kappa shape index (κ1) is 37.5. The van der Waals surface area contributed by atoms with Crippen molar-refractivity contribution in [1.82, 2.24) is 10.0 Å². The number of alkyl halides is 3. The SMILES string of the molecule is CO[C@H]1/C=C/C[C@H](C)CS(=O)(NC(=O)N[C@H]2C[C@@H]2C(F)(F)F)=NC(=O)c2ccc3c(c2)N(C[C@H](C)[C@H]1C)C[C@@]1(CCCc2cc(Cl)ccc21)CO3. The van der Waals surface area contributed by atoms with Gasteiger partial charge >= 0.3 is 12.2 Å². The highest BCUT2D eigenvalue weighted by atomic mass is 35.5. The zero-order valence-corrected chi connectivity index (χ0v) is 30.9. The summed E-state index contributed by atoms with van der Waals surface area (Å²) in [6.45, 7) is 7.82. The van der Waals surface area contributed by atoms with Crippen LogP contribution in [-0.2, 0) is 26.5 Å². The predicted molar refractivity (Wildman–Crippen MR) is 192 cm³/mol. The number of ether oxygens (including phenoxy) is 2. The van der Waals surface area contributed by atoms with E-state index in [-0.39, 0.29) is 47.0 Å². The molecule has 2 heterocycles. The van der Waals surface area contributed by atoms with Crippen LogP contribution in [0.2, 0.25) is 5.02 Å². The van der Waals surface area contributed by atoms with Crippen molar-refractivity contribution in [3.05, 3.63) is 70.3 Å². The maximum absolute atomic E-state index is 14.3. The normalized spacial score (nSPS) is 33.3. The molecule has 51 heavy (non-hydrogen) atoms. The van der Waals surface area contributed by atoms with Crippen molar-refractivity contribution in [1.29, 1.82) is 0 Å². The molecule has 14 heteroatoms. The molecule has 2 aliphatic heterocycles. The Labute approximate surface area is 303 Å². The van der Waals surface area contributed by atoms with Gasteiger partial charge in [0.05, 0.1) is 30.1 Å². The van der Waals surface area contributed by atoms with Crippen molar-refractivity contribution in [3.63, 3.8) is 0 Å². The largest absolute Gasteiger partial charge is 0.490 e. The fourth-order valence-corrected chi connectivity index (χ4v) is 9.83. The fourth-order valence-electron chi connectivity index (χ4n) is 7.80. The number of allylic oxidation sites excluding steroid dienone is 1. The summed E-state index contributed by atoms with van der Waals surface area (Å²) in [5, 5.41) is 2.95. The van der Waals surface area contributed by atoms with Crippen molar-refractivity contribution in [3.8, 4) is 5.75 Å². The van der Waals surface area contributed by atoms with E-state index in [1.807, 2.05) is 31.2 Å². The first-order chi connectivity index (χ1) is 24.1. The summed E-state index contributed by atoms with van der Waals surface area (Å²) < 4.78 is 72.5. The number of nitrogens with zero attached hydrogens (tertiary/aromatic N) is 2. The number of benzene rings is 2. The Bertz CT molecular complexity index is 1810. The average Bonchev–Trinajstić information content (AvgIpc) is 3.85. The lowest BCUT2D eigenvalue weighted by molar-refractivity contribution is -0.148. The van der Waals surface area contributed by atoms with Gasteiger partial charge in [0.15, 0.2) is 0 Å². The van der Waals surface area contributed by atoms with Gasteiger partial charge in [0, 0.05) is 42.2 Å². The topological polar surface area (TPSA) is 109 Å². The van der Waals surface area contributed by atoms with Crippen LogP contribution in [0.4, 0.5) is 23.7 Å². The van der Waals surface area contributed by atoms with Gasteiger partial charge in [-0.2, -0.15) is 13.2 Å². The smallest absolute Gasteiger partial charge is 0.393 e. The fraction of sp³-hybridized carbons (Fsp3) is 0.568. The summed E-state index contributed by atoms with van der Waals surface area (Å²) in [6, 6.07) is 8.86. The first-order valence-electron chi connectivity index (χ1n) is 17.5. The summed E-state index contributed by atoms with van der Waals surface area (Å²) in [5.41, 5.74) is 2.91. The van der Waals surface area contributed by atoms with Crippen molar-refractivity contribution in [2.24, 2.45) is 28.0 Å². The van der Waals surface area contributed by atoms with Gasteiger partial charge in [0.1, 0.15) is 15.7 Å². The summed E-state index contributed by atoms with van der Waals surface area (Å²) in [5.74, 6) is -2.14. The molecule has 2 aromatic carbocycles. The minimum Gasteiger partial charge on any atom is -0.490 e. The average molecular weight is 751 g/mol. The third-order valence-electron chi connectivity index (χ3n) is 10.9. The molecule has 6 rings (SSSR count). The Balaban J connectivity index is 1.39. The molecule has 9 nitrogen and oxygen atoms in total. The second kappa shape index (κ2) is 14.6. The van der Waals surface area contributed by atoms with E-state index < -0.39 is 40.0 Å². The van der Waals surface area contributed by atoms with Crippen LogP contribution < -0.4 is 19.7 Å². The van der Waals surface area contributed by atoms with E-state index in [2.05, 4.69) is 39.2 Å². The number of carbonyl (C=O) groups excluding carboxylic acids is 2. The van der Waals surface area contributed by atoms with E-state index in [0.717, 1.165) is 19.3 Å². The Morgan fingerprint density at radius 3 is 2.69 bits per heavy atom. The molecule has 1 spiro atoms. The minimum absolute atomic E-state index is 0.0906. The third-order valence-corrected chi connectivity index (χ3v) is 13.1. The van der Waals surface area contributed by atoms with Gasteiger partial charge in [-0.3, -0.25) is 9.52 Å². The summed E-state index contributed by atoms with van der Waals surface area (Å²) in [6.07, 6.45) is 2.23. The third kappa shape index (κ3) is 8.36. The van der Waals surface area contributed by atoms with Gasteiger partial charge in [-0.15, -0.1) is 4.36 Å². The molecule has 2 bridgehead atoms. The summed E-state index contributed by atoms with van der Waals surface area (Å²) >= 11 is 6.41. The van der Waals surface area contributed by atoms with Crippen LogP contribution in [0.15, 0.2) is 52.9 Å². The van der Waals surface area contributed by atoms with Gasteiger partial charge in [-0.05, 0) is 91.3 Å². The van der Waals surface area contributed by atoms with Gasteiger partial charge < -0.3 is 19.7 Å². The van der Waals surface area contributed by atoms with E-state index in [0.29, 0.717) is 42.6 Å². The second-order valence-electron chi connectivity index (χ2n) is 14.9. The lowest BCUT2D eigenvalue weighted by atomic mass is 9.70. The van der Waals surface area contributed by atoms with Crippen LogP contribution in [0, 0.1) is 23.7 Å². The predicted octanol–water partition coefficient (Wildman–Crippen LogP) is 7.47. The number of urea groups is 1. The number of rotatable bonds is 3. The quantitative estimate of drug-likeness (QED) is 0.315. The highest BCUT2D eigenvalue weighted by molar-refractivity contribution is 7.92. The van der Waals surface area contributed by atoms with E-state index in [4.69, 9.17) is 21.1 Å². The van der Waals surface area contributed by atoms with Crippen molar-refractivity contribution < 1.29 is 36.4 Å².